The minimum absolute atomic E-state index is 0.134. The van der Waals surface area contributed by atoms with Crippen LogP contribution >= 0.6 is 0 Å². The van der Waals surface area contributed by atoms with Gasteiger partial charge >= 0.3 is 6.09 Å². The highest BCUT2D eigenvalue weighted by atomic mass is 16.6. The first-order valence-corrected chi connectivity index (χ1v) is 10.7. The Morgan fingerprint density at radius 3 is 2.74 bits per heavy atom. The van der Waals surface area contributed by atoms with Crippen molar-refractivity contribution in [1.29, 1.82) is 0 Å². The summed E-state index contributed by atoms with van der Waals surface area (Å²) in [7, 11) is 1.88. The van der Waals surface area contributed by atoms with Crippen LogP contribution in [0.5, 0.6) is 0 Å². The second-order valence-electron chi connectivity index (χ2n) is 9.42. The zero-order chi connectivity index (χ0) is 22.3. The summed E-state index contributed by atoms with van der Waals surface area (Å²) in [6, 6.07) is 1.89. The molecule has 166 valence electrons. The van der Waals surface area contributed by atoms with Crippen LogP contribution in [0.15, 0.2) is 24.7 Å². The molecule has 0 aliphatic carbocycles. The number of aromatic nitrogens is 5. The van der Waals surface area contributed by atoms with Crippen LogP contribution in [0, 0.1) is 5.92 Å². The highest BCUT2D eigenvalue weighted by molar-refractivity contribution is 5.77. The second kappa shape index (κ2) is 7.86. The highest BCUT2D eigenvalue weighted by Gasteiger charge is 2.31. The lowest BCUT2D eigenvalue weighted by Crippen LogP contribution is -2.44. The molecule has 1 aliphatic heterocycles. The van der Waals surface area contributed by atoms with Crippen LogP contribution in [-0.4, -0.2) is 54.1 Å². The monoisotopic (exact) mass is 425 g/mol. The molecule has 0 bridgehead atoms. The average Bonchev–Trinajstić information content (AvgIpc) is 3.32. The Morgan fingerprint density at radius 2 is 2.06 bits per heavy atom. The van der Waals surface area contributed by atoms with Gasteiger partial charge in [0, 0.05) is 55.1 Å². The molecule has 0 spiro atoms. The van der Waals surface area contributed by atoms with Crippen molar-refractivity contribution in [3.05, 3.63) is 30.4 Å². The number of likely N-dealkylation sites (tertiary alicyclic amines) is 1. The minimum Gasteiger partial charge on any atom is -0.444 e. The fraction of sp³-hybridized carbons (Fsp3) is 0.545. The van der Waals surface area contributed by atoms with Gasteiger partial charge in [-0.25, -0.2) is 9.78 Å². The number of piperidine rings is 1. The van der Waals surface area contributed by atoms with E-state index in [-0.39, 0.29) is 17.9 Å². The normalized spacial score (nSPS) is 18.4. The number of amides is 1. The van der Waals surface area contributed by atoms with Crippen molar-refractivity contribution in [1.82, 2.24) is 29.3 Å². The third kappa shape index (κ3) is 4.35. The topological polar surface area (TPSA) is 104 Å². The third-order valence-corrected chi connectivity index (χ3v) is 5.82. The zero-order valence-corrected chi connectivity index (χ0v) is 18.9. The summed E-state index contributed by atoms with van der Waals surface area (Å²) in [6.07, 6.45) is 7.23. The van der Waals surface area contributed by atoms with Gasteiger partial charge in [-0.3, -0.25) is 4.68 Å². The molecule has 0 aromatic carbocycles. The fourth-order valence-electron chi connectivity index (χ4n) is 4.15. The Morgan fingerprint density at radius 1 is 1.29 bits per heavy atom. The maximum Gasteiger partial charge on any atom is 0.410 e. The molecule has 2 atom stereocenters. The van der Waals surface area contributed by atoms with Crippen LogP contribution in [0.1, 0.15) is 52.1 Å². The number of nitrogens with two attached hydrogens (primary N) is 1. The molecule has 1 aliphatic rings. The van der Waals surface area contributed by atoms with E-state index in [9.17, 15) is 4.79 Å². The molecule has 1 amide bonds. The molecule has 0 radical (unpaired) electrons. The number of anilines is 1. The number of carbonyl (C=O) groups excluding carboxylic acids is 1. The average molecular weight is 426 g/mol. The Kier molecular flexibility index (Phi) is 5.36. The molecule has 2 N–H and O–H groups in total. The van der Waals surface area contributed by atoms with Crippen LogP contribution in [0.2, 0.25) is 0 Å². The van der Waals surface area contributed by atoms with E-state index in [0.29, 0.717) is 12.4 Å². The van der Waals surface area contributed by atoms with Crippen molar-refractivity contribution >= 4 is 17.6 Å². The SMILES string of the molecule is CC(c1cc(N)n2ncc(-c3cnn(C)c3)c2n1)C1CCCN(C(=O)OC(C)(C)C)C1. The van der Waals surface area contributed by atoms with Gasteiger partial charge in [0.2, 0.25) is 0 Å². The van der Waals surface area contributed by atoms with Crippen LogP contribution in [0.25, 0.3) is 16.8 Å². The summed E-state index contributed by atoms with van der Waals surface area (Å²) < 4.78 is 8.99. The van der Waals surface area contributed by atoms with Gasteiger partial charge in [-0.1, -0.05) is 6.92 Å². The smallest absolute Gasteiger partial charge is 0.410 e. The third-order valence-electron chi connectivity index (χ3n) is 5.82. The van der Waals surface area contributed by atoms with E-state index >= 15 is 0 Å². The van der Waals surface area contributed by atoms with Gasteiger partial charge in [0.25, 0.3) is 0 Å². The van der Waals surface area contributed by atoms with E-state index in [1.54, 1.807) is 21.6 Å². The number of carbonyl (C=O) groups is 1. The number of nitrogen functional groups attached to an aromatic ring is 1. The molecular formula is C22H31N7O2. The molecule has 1 saturated heterocycles. The Labute approximate surface area is 182 Å². The second-order valence-corrected chi connectivity index (χ2v) is 9.42. The van der Waals surface area contributed by atoms with Crippen LogP contribution in [-0.2, 0) is 11.8 Å². The van der Waals surface area contributed by atoms with Gasteiger partial charge in [0.15, 0.2) is 5.65 Å². The Balaban J connectivity index is 1.60. The standard InChI is InChI=1S/C22H31N7O2/c1-14(15-7-6-8-28(13-15)21(30)31-22(2,3)4)18-9-19(23)29-20(26-18)17(11-25-29)16-10-24-27(5)12-16/h9-12,14-15H,6-8,13,23H2,1-5H3. The highest BCUT2D eigenvalue weighted by Crippen LogP contribution is 2.33. The lowest BCUT2D eigenvalue weighted by atomic mass is 9.84. The maximum atomic E-state index is 12.6. The number of ether oxygens (including phenoxy) is 1. The predicted molar refractivity (Wildman–Crippen MR) is 119 cm³/mol. The number of nitrogens with zero attached hydrogens (tertiary/aromatic N) is 6. The van der Waals surface area contributed by atoms with Crippen LogP contribution in [0.3, 0.4) is 0 Å². The van der Waals surface area contributed by atoms with Crippen molar-refractivity contribution < 1.29 is 9.53 Å². The lowest BCUT2D eigenvalue weighted by Gasteiger charge is -2.36. The predicted octanol–water partition coefficient (Wildman–Crippen LogP) is 3.46. The maximum absolute atomic E-state index is 12.6. The number of fused-ring (bicyclic) bond motifs is 1. The molecule has 4 rings (SSSR count). The molecule has 3 aromatic rings. The first-order valence-electron chi connectivity index (χ1n) is 10.7. The van der Waals surface area contributed by atoms with Gasteiger partial charge in [-0.2, -0.15) is 14.7 Å². The van der Waals surface area contributed by atoms with Gasteiger partial charge in [-0.05, 0) is 39.5 Å². The van der Waals surface area contributed by atoms with Crippen molar-refractivity contribution in [2.45, 2.75) is 52.1 Å². The van der Waals surface area contributed by atoms with Gasteiger partial charge in [-0.15, -0.1) is 0 Å². The fourth-order valence-corrected chi connectivity index (χ4v) is 4.15. The van der Waals surface area contributed by atoms with E-state index in [1.165, 1.54) is 0 Å². The van der Waals surface area contributed by atoms with E-state index < -0.39 is 5.60 Å². The van der Waals surface area contributed by atoms with Gasteiger partial charge < -0.3 is 15.4 Å². The zero-order valence-electron chi connectivity index (χ0n) is 18.9. The molecular weight excluding hydrogens is 394 g/mol. The van der Waals surface area contributed by atoms with Crippen LogP contribution < -0.4 is 5.73 Å². The van der Waals surface area contributed by atoms with E-state index in [2.05, 4.69) is 17.1 Å². The van der Waals surface area contributed by atoms with E-state index in [4.69, 9.17) is 15.5 Å². The molecule has 9 heteroatoms. The van der Waals surface area contributed by atoms with Crippen molar-refractivity contribution in [2.24, 2.45) is 13.0 Å². The quantitative estimate of drug-likeness (QED) is 0.689. The summed E-state index contributed by atoms with van der Waals surface area (Å²) in [5.74, 6) is 0.955. The van der Waals surface area contributed by atoms with Gasteiger partial charge in [0.05, 0.1) is 12.4 Å². The largest absolute Gasteiger partial charge is 0.444 e. The number of hydrogen-bond acceptors (Lipinski definition) is 6. The van der Waals surface area contributed by atoms with Crippen LogP contribution in [0.4, 0.5) is 10.6 Å². The number of hydrogen-bond donors (Lipinski definition) is 1. The molecule has 1 fully saturated rings. The summed E-state index contributed by atoms with van der Waals surface area (Å²) in [5.41, 5.74) is 9.29. The molecule has 2 unspecified atom stereocenters. The Hall–Kier alpha value is -3.10. The Bertz CT molecular complexity index is 1100. The first-order chi connectivity index (χ1) is 14.6. The summed E-state index contributed by atoms with van der Waals surface area (Å²) in [6.45, 7) is 9.20. The number of aryl methyl sites for hydroxylation is 1. The summed E-state index contributed by atoms with van der Waals surface area (Å²) in [4.78, 5) is 19.3. The summed E-state index contributed by atoms with van der Waals surface area (Å²) in [5, 5.41) is 8.66. The van der Waals surface area contributed by atoms with Gasteiger partial charge in [0.1, 0.15) is 11.4 Å². The molecule has 3 aromatic heterocycles. The summed E-state index contributed by atoms with van der Waals surface area (Å²) >= 11 is 0. The molecule has 9 nitrogen and oxygen atoms in total. The molecule has 31 heavy (non-hydrogen) atoms. The molecule has 0 saturated carbocycles. The minimum atomic E-state index is -0.499. The lowest BCUT2D eigenvalue weighted by molar-refractivity contribution is 0.0153. The number of rotatable bonds is 3. The van der Waals surface area contributed by atoms with Crippen molar-refractivity contribution in [3.8, 4) is 11.1 Å². The van der Waals surface area contributed by atoms with Crippen molar-refractivity contribution in [3.63, 3.8) is 0 Å². The molecule has 4 heterocycles. The van der Waals surface area contributed by atoms with E-state index in [0.717, 1.165) is 41.9 Å². The first kappa shape index (κ1) is 21.1. The van der Waals surface area contributed by atoms with E-state index in [1.807, 2.05) is 45.0 Å². The van der Waals surface area contributed by atoms with Crippen molar-refractivity contribution in [2.75, 3.05) is 18.8 Å².